The zero-order valence-electron chi connectivity index (χ0n) is 19.7. The molecule has 1 amide bonds. The number of nitrogens with zero attached hydrogens (tertiary/aromatic N) is 1. The Morgan fingerprint density at radius 1 is 1.18 bits per heavy atom. The predicted octanol–water partition coefficient (Wildman–Crippen LogP) is 4.27. The molecule has 178 valence electrons. The number of aryl methyl sites for hydroxylation is 2. The van der Waals surface area contributed by atoms with E-state index >= 15 is 0 Å². The van der Waals surface area contributed by atoms with Crippen LogP contribution in [0.3, 0.4) is 0 Å². The number of benzene rings is 1. The van der Waals surface area contributed by atoms with Crippen molar-refractivity contribution in [3.05, 3.63) is 46.9 Å². The molecule has 0 unspecified atom stereocenters. The summed E-state index contributed by atoms with van der Waals surface area (Å²) in [5.74, 6) is 1.15. The number of hydrogen-bond donors (Lipinski definition) is 1. The Morgan fingerprint density at radius 3 is 2.58 bits per heavy atom. The standard InChI is InChI=1S/C25H32N2O6/c1-5-31-24(29)25(13-7-6-8-14-25)26-23(28)12-10-19-9-11-21(22(15-19)30-4)32-16-20-17(2)27-33-18(20)3/h9-12,15H,5-8,13-14,16H2,1-4H3,(H,26,28)/b12-10+. The van der Waals surface area contributed by atoms with Gasteiger partial charge >= 0.3 is 5.97 Å². The van der Waals surface area contributed by atoms with Gasteiger partial charge in [0.15, 0.2) is 11.5 Å². The topological polar surface area (TPSA) is 99.9 Å². The third-order valence-corrected chi connectivity index (χ3v) is 5.90. The molecule has 8 nitrogen and oxygen atoms in total. The van der Waals surface area contributed by atoms with Crippen LogP contribution >= 0.6 is 0 Å². The lowest BCUT2D eigenvalue weighted by Gasteiger charge is -2.35. The minimum atomic E-state index is -0.941. The monoisotopic (exact) mass is 456 g/mol. The highest BCUT2D eigenvalue weighted by molar-refractivity contribution is 5.96. The number of carbonyl (C=O) groups excluding carboxylic acids is 2. The fourth-order valence-corrected chi connectivity index (χ4v) is 4.02. The van der Waals surface area contributed by atoms with Gasteiger partial charge in [-0.2, -0.15) is 0 Å². The molecule has 0 radical (unpaired) electrons. The third kappa shape index (κ3) is 5.94. The van der Waals surface area contributed by atoms with E-state index in [2.05, 4.69) is 10.5 Å². The highest BCUT2D eigenvalue weighted by Gasteiger charge is 2.41. The Hall–Kier alpha value is -3.29. The summed E-state index contributed by atoms with van der Waals surface area (Å²) in [7, 11) is 1.56. The highest BCUT2D eigenvalue weighted by atomic mass is 16.5. The van der Waals surface area contributed by atoms with Gasteiger partial charge in [0, 0.05) is 6.08 Å². The Kier molecular flexibility index (Phi) is 8.14. The van der Waals surface area contributed by atoms with Crippen molar-refractivity contribution in [2.24, 2.45) is 0 Å². The molecule has 1 saturated carbocycles. The van der Waals surface area contributed by atoms with E-state index in [-0.39, 0.29) is 18.5 Å². The molecule has 0 aliphatic heterocycles. The number of rotatable bonds is 9. The molecule has 0 bridgehead atoms. The maximum Gasteiger partial charge on any atom is 0.331 e. The van der Waals surface area contributed by atoms with Crippen molar-refractivity contribution in [1.29, 1.82) is 0 Å². The van der Waals surface area contributed by atoms with Crippen LogP contribution in [-0.4, -0.2) is 36.3 Å². The highest BCUT2D eigenvalue weighted by Crippen LogP contribution is 2.31. The van der Waals surface area contributed by atoms with Gasteiger partial charge in [0.1, 0.15) is 17.9 Å². The molecule has 33 heavy (non-hydrogen) atoms. The number of ether oxygens (including phenoxy) is 3. The number of aromatic nitrogens is 1. The van der Waals surface area contributed by atoms with Crippen LogP contribution in [0, 0.1) is 13.8 Å². The zero-order chi connectivity index (χ0) is 23.8. The summed E-state index contributed by atoms with van der Waals surface area (Å²) >= 11 is 0. The quantitative estimate of drug-likeness (QED) is 0.444. The minimum absolute atomic E-state index is 0.288. The SMILES string of the molecule is CCOC(=O)C1(NC(=O)/C=C/c2ccc(OCc3c(C)noc3C)c(OC)c2)CCCCC1. The summed E-state index contributed by atoms with van der Waals surface area (Å²) in [6.45, 7) is 6.08. The first kappa shape index (κ1) is 24.4. The van der Waals surface area contributed by atoms with E-state index in [0.717, 1.165) is 41.8 Å². The lowest BCUT2D eigenvalue weighted by atomic mass is 9.81. The molecule has 2 aromatic rings. The minimum Gasteiger partial charge on any atom is -0.493 e. The van der Waals surface area contributed by atoms with Gasteiger partial charge in [-0.1, -0.05) is 30.5 Å². The smallest absolute Gasteiger partial charge is 0.331 e. The number of carbonyl (C=O) groups is 2. The molecule has 1 aromatic carbocycles. The van der Waals surface area contributed by atoms with Crippen LogP contribution in [0.5, 0.6) is 11.5 Å². The second-order valence-electron chi connectivity index (χ2n) is 8.19. The number of hydrogen-bond acceptors (Lipinski definition) is 7. The van der Waals surface area contributed by atoms with E-state index in [9.17, 15) is 9.59 Å². The maximum absolute atomic E-state index is 12.6. The summed E-state index contributed by atoms with van der Waals surface area (Å²) in [5, 5.41) is 6.83. The Morgan fingerprint density at radius 2 is 1.94 bits per heavy atom. The van der Waals surface area contributed by atoms with Crippen LogP contribution < -0.4 is 14.8 Å². The van der Waals surface area contributed by atoms with Gasteiger partial charge in [0.25, 0.3) is 0 Å². The average molecular weight is 457 g/mol. The van der Waals surface area contributed by atoms with Gasteiger partial charge in [-0.15, -0.1) is 0 Å². The molecular weight excluding hydrogens is 424 g/mol. The Labute approximate surface area is 194 Å². The van der Waals surface area contributed by atoms with Crippen LogP contribution in [0.2, 0.25) is 0 Å². The Balaban J connectivity index is 1.67. The molecule has 0 atom stereocenters. The number of methoxy groups -OCH3 is 1. The molecule has 1 aliphatic rings. The number of amides is 1. The zero-order valence-corrected chi connectivity index (χ0v) is 19.7. The summed E-state index contributed by atoms with van der Waals surface area (Å²) in [5.41, 5.74) is 1.51. The van der Waals surface area contributed by atoms with Gasteiger partial charge in [-0.25, -0.2) is 4.79 Å². The van der Waals surface area contributed by atoms with E-state index in [0.29, 0.717) is 30.9 Å². The van der Waals surface area contributed by atoms with Crippen molar-refractivity contribution in [3.8, 4) is 11.5 Å². The molecule has 3 rings (SSSR count). The van der Waals surface area contributed by atoms with Crippen molar-refractivity contribution in [2.75, 3.05) is 13.7 Å². The van der Waals surface area contributed by atoms with E-state index < -0.39 is 5.54 Å². The molecule has 1 heterocycles. The third-order valence-electron chi connectivity index (χ3n) is 5.90. The lowest BCUT2D eigenvalue weighted by Crippen LogP contribution is -2.56. The van der Waals surface area contributed by atoms with Gasteiger partial charge in [0.2, 0.25) is 5.91 Å². The average Bonchev–Trinajstić information content (AvgIpc) is 3.14. The molecule has 1 aromatic heterocycles. The normalized spacial score (nSPS) is 15.3. The fraction of sp³-hybridized carbons (Fsp3) is 0.480. The maximum atomic E-state index is 12.6. The van der Waals surface area contributed by atoms with Crippen molar-refractivity contribution in [2.45, 2.75) is 65.0 Å². The number of esters is 1. The van der Waals surface area contributed by atoms with Gasteiger partial charge in [-0.05, 0) is 57.4 Å². The van der Waals surface area contributed by atoms with Crippen molar-refractivity contribution < 1.29 is 28.3 Å². The van der Waals surface area contributed by atoms with Crippen LogP contribution in [0.1, 0.15) is 61.6 Å². The fourth-order valence-electron chi connectivity index (χ4n) is 4.02. The van der Waals surface area contributed by atoms with Crippen LogP contribution in [-0.2, 0) is 20.9 Å². The van der Waals surface area contributed by atoms with Crippen LogP contribution in [0.25, 0.3) is 6.08 Å². The van der Waals surface area contributed by atoms with Crippen molar-refractivity contribution in [1.82, 2.24) is 10.5 Å². The summed E-state index contributed by atoms with van der Waals surface area (Å²) in [4.78, 5) is 25.2. The molecule has 8 heteroatoms. The first-order valence-corrected chi connectivity index (χ1v) is 11.3. The van der Waals surface area contributed by atoms with Crippen molar-refractivity contribution >= 4 is 18.0 Å². The largest absolute Gasteiger partial charge is 0.493 e. The second-order valence-corrected chi connectivity index (χ2v) is 8.19. The first-order valence-electron chi connectivity index (χ1n) is 11.3. The molecule has 1 aliphatic carbocycles. The van der Waals surface area contributed by atoms with Crippen LogP contribution in [0.4, 0.5) is 0 Å². The number of nitrogens with one attached hydrogen (secondary N) is 1. The molecule has 0 spiro atoms. The molecule has 1 N–H and O–H groups in total. The summed E-state index contributed by atoms with van der Waals surface area (Å²) < 4.78 is 21.8. The molecule has 0 saturated heterocycles. The summed E-state index contributed by atoms with van der Waals surface area (Å²) in [6, 6.07) is 5.40. The van der Waals surface area contributed by atoms with E-state index in [1.807, 2.05) is 19.9 Å². The first-order chi connectivity index (χ1) is 15.9. The van der Waals surface area contributed by atoms with Gasteiger partial charge < -0.3 is 24.1 Å². The van der Waals surface area contributed by atoms with E-state index in [1.165, 1.54) is 6.08 Å². The van der Waals surface area contributed by atoms with E-state index in [1.54, 1.807) is 32.2 Å². The summed E-state index contributed by atoms with van der Waals surface area (Å²) in [6.07, 6.45) is 7.11. The van der Waals surface area contributed by atoms with E-state index in [4.69, 9.17) is 18.7 Å². The van der Waals surface area contributed by atoms with Crippen LogP contribution in [0.15, 0.2) is 28.8 Å². The Bertz CT molecular complexity index is 985. The predicted molar refractivity (Wildman–Crippen MR) is 123 cm³/mol. The van der Waals surface area contributed by atoms with Crippen molar-refractivity contribution in [3.63, 3.8) is 0 Å². The van der Waals surface area contributed by atoms with Gasteiger partial charge in [-0.3, -0.25) is 4.79 Å². The second kappa shape index (κ2) is 11.0. The van der Waals surface area contributed by atoms with Gasteiger partial charge in [0.05, 0.1) is 25.0 Å². The molecular formula is C25H32N2O6. The lowest BCUT2D eigenvalue weighted by molar-refractivity contribution is -0.154. The molecule has 1 fully saturated rings.